The summed E-state index contributed by atoms with van der Waals surface area (Å²) in [5, 5.41) is 0. The van der Waals surface area contributed by atoms with Crippen molar-refractivity contribution in [3.8, 4) is 0 Å². The largest absolute Gasteiger partial charge is 0.462 e. The summed E-state index contributed by atoms with van der Waals surface area (Å²) in [5.74, 6) is -8.87. The molecule has 0 aliphatic carbocycles. The number of hydrogen-bond donors (Lipinski definition) is 0. The summed E-state index contributed by atoms with van der Waals surface area (Å²) in [4.78, 5) is 128. The molecule has 314 valence electrons. The number of hydrogen-bond acceptors (Lipinski definition) is 20. The highest BCUT2D eigenvalue weighted by molar-refractivity contribution is 6.32. The van der Waals surface area contributed by atoms with E-state index in [-0.39, 0.29) is 128 Å². The van der Waals surface area contributed by atoms with E-state index in [1.165, 1.54) is 6.92 Å². The molecule has 0 saturated heterocycles. The quantitative estimate of drug-likeness (QED) is 0.0219. The lowest BCUT2D eigenvalue weighted by molar-refractivity contribution is -0.910. The minimum atomic E-state index is -1.08. The van der Waals surface area contributed by atoms with Crippen molar-refractivity contribution in [2.45, 2.75) is 59.3 Å². The zero-order valence-electron chi connectivity index (χ0n) is 32.0. The van der Waals surface area contributed by atoms with Gasteiger partial charge in [-0.25, -0.2) is 14.4 Å². The third-order valence-corrected chi connectivity index (χ3v) is 6.94. The number of quaternary nitrogens is 1. The predicted molar refractivity (Wildman–Crippen MR) is 183 cm³/mol. The van der Waals surface area contributed by atoms with Gasteiger partial charge >= 0.3 is 53.7 Å². The summed E-state index contributed by atoms with van der Waals surface area (Å²) in [5.41, 5.74) is 0.182. The third kappa shape index (κ3) is 26.9. The Morgan fingerprint density at radius 2 is 0.571 bits per heavy atom. The van der Waals surface area contributed by atoms with Gasteiger partial charge in [0.05, 0.1) is 45.6 Å². The second kappa shape index (κ2) is 28.7. The molecule has 0 radical (unpaired) electrons. The molecule has 0 amide bonds. The molecule has 56 heavy (non-hydrogen) atoms. The molecule has 0 heterocycles. The van der Waals surface area contributed by atoms with Crippen LogP contribution in [0.25, 0.3) is 0 Å². The summed E-state index contributed by atoms with van der Waals surface area (Å²) in [7, 11) is 1.69. The number of esters is 9. The average Bonchev–Trinajstić information content (AvgIpc) is 3.13. The van der Waals surface area contributed by atoms with Crippen LogP contribution in [-0.2, 0) is 95.4 Å². The molecular formula is C35H50NO20+. The first-order chi connectivity index (χ1) is 26.3. The van der Waals surface area contributed by atoms with Crippen molar-refractivity contribution in [1.82, 2.24) is 0 Å². The maximum Gasteiger partial charge on any atom is 0.374 e. The van der Waals surface area contributed by atoms with Crippen molar-refractivity contribution in [2.75, 3.05) is 86.1 Å². The molecule has 0 aliphatic rings. The van der Waals surface area contributed by atoms with Crippen LogP contribution < -0.4 is 0 Å². The third-order valence-electron chi connectivity index (χ3n) is 6.94. The van der Waals surface area contributed by atoms with Crippen molar-refractivity contribution in [3.05, 3.63) is 12.2 Å². The van der Waals surface area contributed by atoms with E-state index in [4.69, 9.17) is 33.2 Å². The summed E-state index contributed by atoms with van der Waals surface area (Å²) in [6, 6.07) is 0. The molecule has 0 fully saturated rings. The first kappa shape index (κ1) is 50.3. The van der Waals surface area contributed by atoms with Crippen molar-refractivity contribution in [3.63, 3.8) is 0 Å². The van der Waals surface area contributed by atoms with E-state index >= 15 is 0 Å². The van der Waals surface area contributed by atoms with Gasteiger partial charge in [-0.15, -0.1) is 0 Å². The van der Waals surface area contributed by atoms with Crippen LogP contribution in [0.1, 0.15) is 59.3 Å². The average molecular weight is 805 g/mol. The monoisotopic (exact) mass is 804 g/mol. The number of rotatable bonds is 30. The maximum atomic E-state index is 12.3. The first-order valence-corrected chi connectivity index (χ1v) is 17.3. The fourth-order valence-electron chi connectivity index (χ4n) is 3.72. The van der Waals surface area contributed by atoms with Crippen LogP contribution in [0.4, 0.5) is 0 Å². The predicted octanol–water partition coefficient (Wildman–Crippen LogP) is -0.583. The lowest BCUT2D eigenvalue weighted by atomic mass is 10.3. The van der Waals surface area contributed by atoms with Gasteiger partial charge < -0.3 is 47.1 Å². The Kier molecular flexibility index (Phi) is 25.7. The molecule has 0 aromatic carbocycles. The van der Waals surface area contributed by atoms with Gasteiger partial charge in [-0.2, -0.15) is 0 Å². The van der Waals surface area contributed by atoms with E-state index in [9.17, 15) is 52.7 Å². The van der Waals surface area contributed by atoms with Gasteiger partial charge in [0.25, 0.3) is 0 Å². The van der Waals surface area contributed by atoms with E-state index in [0.717, 1.165) is 13.8 Å². The number of Topliss-reactive ketones (excluding diaryl/α,β-unsaturated/α-hetero) is 2. The molecule has 0 saturated carbocycles. The number of likely N-dealkylation sites (N-methyl/N-ethyl adjacent to an activating group) is 1. The zero-order valence-corrected chi connectivity index (χ0v) is 32.0. The Hall–Kier alpha value is -5.73. The molecule has 0 unspecified atom stereocenters. The summed E-state index contributed by atoms with van der Waals surface area (Å²) >= 11 is 0. The van der Waals surface area contributed by atoms with Crippen molar-refractivity contribution >= 4 is 65.3 Å². The Balaban J connectivity index is 4.87. The van der Waals surface area contributed by atoms with Crippen molar-refractivity contribution in [1.29, 1.82) is 0 Å². The van der Waals surface area contributed by atoms with E-state index in [1.807, 2.05) is 0 Å². The highest BCUT2D eigenvalue weighted by atomic mass is 16.6. The number of carbonyl (C=O) groups is 11. The second-order valence-electron chi connectivity index (χ2n) is 11.9. The van der Waals surface area contributed by atoms with Gasteiger partial charge in [-0.05, 0) is 6.92 Å². The van der Waals surface area contributed by atoms with Gasteiger partial charge in [0.15, 0.2) is 0 Å². The van der Waals surface area contributed by atoms with Crippen LogP contribution in [0.15, 0.2) is 12.2 Å². The molecular weight excluding hydrogens is 754 g/mol. The topological polar surface area (TPSA) is 271 Å². The lowest BCUT2D eigenvalue weighted by Crippen LogP contribution is -2.51. The Morgan fingerprint density at radius 1 is 0.357 bits per heavy atom. The maximum absolute atomic E-state index is 12.3. The molecule has 0 spiro atoms. The highest BCUT2D eigenvalue weighted by Gasteiger charge is 2.24. The Labute approximate surface area is 322 Å². The van der Waals surface area contributed by atoms with Gasteiger partial charge in [-0.3, -0.25) is 38.4 Å². The van der Waals surface area contributed by atoms with Crippen LogP contribution in [-0.4, -0.2) is 156 Å². The van der Waals surface area contributed by atoms with Crippen LogP contribution >= 0.6 is 0 Å². The minimum absolute atomic E-state index is 0.0425. The van der Waals surface area contributed by atoms with E-state index in [2.05, 4.69) is 16.1 Å². The number of ketones is 2. The van der Waals surface area contributed by atoms with Crippen LogP contribution in [0.3, 0.4) is 0 Å². The first-order valence-electron chi connectivity index (χ1n) is 17.3. The van der Waals surface area contributed by atoms with Gasteiger partial charge in [0.1, 0.15) is 79.1 Å². The van der Waals surface area contributed by atoms with Crippen molar-refractivity contribution in [2.24, 2.45) is 0 Å². The summed E-state index contributed by atoms with van der Waals surface area (Å²) in [6.07, 6.45) is -1.95. The molecule has 21 nitrogen and oxygen atoms in total. The number of carbonyl (C=O) groups excluding carboxylic acids is 11. The van der Waals surface area contributed by atoms with Crippen molar-refractivity contribution < 1.29 is 99.9 Å². The molecule has 0 aromatic rings. The normalized spacial score (nSPS) is 10.5. The molecule has 0 aliphatic heterocycles. The second-order valence-corrected chi connectivity index (χ2v) is 11.9. The Morgan fingerprint density at radius 3 is 0.804 bits per heavy atom. The van der Waals surface area contributed by atoms with E-state index in [1.54, 1.807) is 7.05 Å². The molecule has 0 bridgehead atoms. The van der Waals surface area contributed by atoms with E-state index in [0.29, 0.717) is 0 Å². The molecule has 21 heteroatoms. The smallest absolute Gasteiger partial charge is 0.374 e. The SMILES string of the molecule is C=C(C)C(=O)OCCOC(=O)CCC(=O)OCC[N+](C)(CCOC(=O)CCC(=O)OCCOC(=O)C(C)=O)CCOC(=O)CCC(=O)OCCOC(=O)C(C)=O. The number of ether oxygens (including phenoxy) is 9. The standard InChI is InChI=1S/C35H50NO20/c1-24(2)33(45)54-21-18-51-30(42)9-6-27(39)48-15-12-36(5,13-16-49-28(40)7-10-31(43)52-19-22-55-34(46)25(3)37)14-17-50-29(41)8-11-32(44)53-20-23-56-35(47)26(4)38/h1,6-23H2,2-5H3/q+1. The van der Waals surface area contributed by atoms with E-state index < -0.39 is 65.3 Å². The fourth-order valence-corrected chi connectivity index (χ4v) is 3.72. The van der Waals surface area contributed by atoms with Crippen LogP contribution in [0.2, 0.25) is 0 Å². The lowest BCUT2D eigenvalue weighted by Gasteiger charge is -2.33. The summed E-state index contributed by atoms with van der Waals surface area (Å²) in [6.45, 7) is 5.15. The molecule has 0 N–H and O–H groups in total. The van der Waals surface area contributed by atoms with Gasteiger partial charge in [-0.1, -0.05) is 6.58 Å². The Bertz CT molecular complexity index is 1250. The molecule has 0 atom stereocenters. The zero-order chi connectivity index (χ0) is 42.5. The molecule has 0 aromatic heterocycles. The van der Waals surface area contributed by atoms with Gasteiger partial charge in [0.2, 0.25) is 11.6 Å². The van der Waals surface area contributed by atoms with Gasteiger partial charge in [0, 0.05) is 19.4 Å². The van der Waals surface area contributed by atoms with Crippen LogP contribution in [0, 0.1) is 0 Å². The minimum Gasteiger partial charge on any atom is -0.462 e. The fraction of sp³-hybridized carbons (Fsp3) is 0.629. The molecule has 0 rings (SSSR count). The van der Waals surface area contributed by atoms with Crippen LogP contribution in [0.5, 0.6) is 0 Å². The number of nitrogens with zero attached hydrogens (tertiary/aromatic N) is 1. The highest BCUT2D eigenvalue weighted by Crippen LogP contribution is 2.07. The summed E-state index contributed by atoms with van der Waals surface area (Å²) < 4.78 is 44.2.